The molecule has 0 saturated carbocycles. The standard InChI is InChI=1S/C16H13N3O5/c1-10(16-8-11-4-2-3-5-15(11)24-16)17-13-7-6-12(18(20)21)9-14(13)19(22)23/h2-10,17H,1H3/t10-/m0/s1. The molecule has 1 aromatic heterocycles. The quantitative estimate of drug-likeness (QED) is 0.548. The van der Waals surface area contributed by atoms with Crippen LogP contribution in [0.25, 0.3) is 11.0 Å². The van der Waals surface area contributed by atoms with Gasteiger partial charge in [-0.15, -0.1) is 0 Å². The summed E-state index contributed by atoms with van der Waals surface area (Å²) >= 11 is 0. The average Bonchev–Trinajstić information content (AvgIpc) is 2.99. The molecule has 1 atom stereocenters. The topological polar surface area (TPSA) is 111 Å². The molecule has 0 saturated heterocycles. The lowest BCUT2D eigenvalue weighted by Crippen LogP contribution is -2.07. The van der Waals surface area contributed by atoms with Gasteiger partial charge in [0, 0.05) is 11.5 Å². The van der Waals surface area contributed by atoms with Crippen LogP contribution in [0.3, 0.4) is 0 Å². The number of rotatable bonds is 5. The van der Waals surface area contributed by atoms with E-state index in [0.29, 0.717) is 5.76 Å². The fourth-order valence-corrected chi connectivity index (χ4v) is 2.43. The number of nitrogens with zero attached hydrogens (tertiary/aromatic N) is 2. The van der Waals surface area contributed by atoms with Gasteiger partial charge in [-0.3, -0.25) is 20.2 Å². The summed E-state index contributed by atoms with van der Waals surface area (Å²) in [4.78, 5) is 20.6. The zero-order valence-corrected chi connectivity index (χ0v) is 12.6. The van der Waals surface area contributed by atoms with Gasteiger partial charge in [-0.05, 0) is 25.1 Å². The Labute approximate surface area is 136 Å². The molecule has 0 unspecified atom stereocenters. The van der Waals surface area contributed by atoms with Gasteiger partial charge in [0.2, 0.25) is 0 Å². The summed E-state index contributed by atoms with van der Waals surface area (Å²) in [6.07, 6.45) is 0. The Morgan fingerprint density at radius 2 is 1.79 bits per heavy atom. The number of furan rings is 1. The van der Waals surface area contributed by atoms with Gasteiger partial charge in [0.15, 0.2) is 0 Å². The van der Waals surface area contributed by atoms with Crippen molar-refractivity contribution in [3.63, 3.8) is 0 Å². The van der Waals surface area contributed by atoms with Gasteiger partial charge in [-0.25, -0.2) is 0 Å². The molecule has 24 heavy (non-hydrogen) atoms. The fraction of sp³-hybridized carbons (Fsp3) is 0.125. The highest BCUT2D eigenvalue weighted by Gasteiger charge is 2.21. The lowest BCUT2D eigenvalue weighted by atomic mass is 10.2. The van der Waals surface area contributed by atoms with E-state index in [1.807, 2.05) is 30.3 Å². The molecule has 3 rings (SSSR count). The van der Waals surface area contributed by atoms with Crippen LogP contribution in [0.4, 0.5) is 17.1 Å². The van der Waals surface area contributed by atoms with E-state index < -0.39 is 9.85 Å². The maximum Gasteiger partial charge on any atom is 0.299 e. The number of nitro benzene ring substituents is 2. The van der Waals surface area contributed by atoms with E-state index in [1.165, 1.54) is 12.1 Å². The van der Waals surface area contributed by atoms with E-state index in [-0.39, 0.29) is 23.1 Å². The van der Waals surface area contributed by atoms with E-state index in [9.17, 15) is 20.2 Å². The summed E-state index contributed by atoms with van der Waals surface area (Å²) < 4.78 is 5.72. The fourth-order valence-electron chi connectivity index (χ4n) is 2.43. The first kappa shape index (κ1) is 15.5. The van der Waals surface area contributed by atoms with Crippen LogP contribution in [-0.2, 0) is 0 Å². The number of fused-ring (bicyclic) bond motifs is 1. The van der Waals surface area contributed by atoms with Crippen molar-refractivity contribution in [1.29, 1.82) is 0 Å². The van der Waals surface area contributed by atoms with E-state index in [1.54, 1.807) is 6.92 Å². The molecule has 0 amide bonds. The Morgan fingerprint density at radius 3 is 2.46 bits per heavy atom. The van der Waals surface area contributed by atoms with Crippen LogP contribution in [0, 0.1) is 20.2 Å². The third kappa shape index (κ3) is 2.89. The third-order valence-corrected chi connectivity index (χ3v) is 3.63. The molecule has 0 radical (unpaired) electrons. The van der Waals surface area contributed by atoms with Gasteiger partial charge in [0.1, 0.15) is 17.0 Å². The van der Waals surface area contributed by atoms with Crippen LogP contribution >= 0.6 is 0 Å². The number of hydrogen-bond acceptors (Lipinski definition) is 6. The van der Waals surface area contributed by atoms with Crippen molar-refractivity contribution in [2.45, 2.75) is 13.0 Å². The molecule has 1 heterocycles. The Morgan fingerprint density at radius 1 is 1.04 bits per heavy atom. The lowest BCUT2D eigenvalue weighted by molar-refractivity contribution is -0.393. The molecule has 0 aliphatic rings. The third-order valence-electron chi connectivity index (χ3n) is 3.63. The predicted octanol–water partition coefficient (Wildman–Crippen LogP) is 4.42. The van der Waals surface area contributed by atoms with Gasteiger partial charge in [0.25, 0.3) is 11.4 Å². The summed E-state index contributed by atoms with van der Waals surface area (Å²) in [5.74, 6) is 0.615. The summed E-state index contributed by atoms with van der Waals surface area (Å²) in [6.45, 7) is 1.79. The second-order valence-corrected chi connectivity index (χ2v) is 5.27. The van der Waals surface area contributed by atoms with Crippen LogP contribution in [-0.4, -0.2) is 9.85 Å². The lowest BCUT2D eigenvalue weighted by Gasteiger charge is -2.12. The molecule has 0 aliphatic carbocycles. The van der Waals surface area contributed by atoms with Crippen molar-refractivity contribution in [2.24, 2.45) is 0 Å². The van der Waals surface area contributed by atoms with Crippen molar-refractivity contribution in [3.8, 4) is 0 Å². The molecule has 122 valence electrons. The summed E-state index contributed by atoms with van der Waals surface area (Å²) in [7, 11) is 0. The van der Waals surface area contributed by atoms with Gasteiger partial charge in [-0.1, -0.05) is 18.2 Å². The molecular formula is C16H13N3O5. The highest BCUT2D eigenvalue weighted by Crippen LogP contribution is 2.33. The molecule has 0 fully saturated rings. The highest BCUT2D eigenvalue weighted by molar-refractivity contribution is 5.78. The van der Waals surface area contributed by atoms with Crippen molar-refractivity contribution >= 4 is 28.0 Å². The van der Waals surface area contributed by atoms with Crippen LogP contribution in [0.1, 0.15) is 18.7 Å². The maximum absolute atomic E-state index is 11.2. The van der Waals surface area contributed by atoms with Crippen LogP contribution < -0.4 is 5.32 Å². The number of nitrogens with one attached hydrogen (secondary N) is 1. The maximum atomic E-state index is 11.2. The first-order chi connectivity index (χ1) is 11.5. The van der Waals surface area contributed by atoms with Crippen molar-refractivity contribution < 1.29 is 14.3 Å². The Bertz CT molecular complexity index is 901. The Kier molecular flexibility index (Phi) is 3.87. The molecule has 0 bridgehead atoms. The smallest absolute Gasteiger partial charge is 0.299 e. The predicted molar refractivity (Wildman–Crippen MR) is 88.0 cm³/mol. The molecule has 3 aromatic rings. The zero-order valence-electron chi connectivity index (χ0n) is 12.6. The average molecular weight is 327 g/mol. The molecular weight excluding hydrogens is 314 g/mol. The second-order valence-electron chi connectivity index (χ2n) is 5.27. The molecule has 0 spiro atoms. The van der Waals surface area contributed by atoms with Gasteiger partial charge in [-0.2, -0.15) is 0 Å². The largest absolute Gasteiger partial charge is 0.459 e. The number of hydrogen-bond donors (Lipinski definition) is 1. The Hall–Kier alpha value is -3.42. The number of para-hydroxylation sites is 1. The number of anilines is 1. The number of non-ortho nitro benzene ring substituents is 1. The minimum Gasteiger partial charge on any atom is -0.459 e. The minimum atomic E-state index is -0.667. The molecule has 0 aliphatic heterocycles. The monoisotopic (exact) mass is 327 g/mol. The molecule has 1 N–H and O–H groups in total. The van der Waals surface area contributed by atoms with E-state index in [4.69, 9.17) is 4.42 Å². The summed E-state index contributed by atoms with van der Waals surface area (Å²) in [5.41, 5.74) is 0.230. The van der Waals surface area contributed by atoms with E-state index >= 15 is 0 Å². The van der Waals surface area contributed by atoms with Gasteiger partial charge >= 0.3 is 0 Å². The highest BCUT2D eigenvalue weighted by atomic mass is 16.6. The number of nitro groups is 2. The van der Waals surface area contributed by atoms with Gasteiger partial charge < -0.3 is 9.73 Å². The second kappa shape index (κ2) is 5.99. The van der Waals surface area contributed by atoms with Gasteiger partial charge in [0.05, 0.1) is 22.0 Å². The van der Waals surface area contributed by atoms with Crippen LogP contribution in [0.2, 0.25) is 0 Å². The van der Waals surface area contributed by atoms with Crippen molar-refractivity contribution in [3.05, 3.63) is 74.5 Å². The Balaban J connectivity index is 1.92. The summed E-state index contributed by atoms with van der Waals surface area (Å²) in [6, 6.07) is 12.5. The van der Waals surface area contributed by atoms with E-state index in [0.717, 1.165) is 17.0 Å². The molecule has 8 nitrogen and oxygen atoms in total. The van der Waals surface area contributed by atoms with E-state index in [2.05, 4.69) is 5.32 Å². The summed E-state index contributed by atoms with van der Waals surface area (Å²) in [5, 5.41) is 25.9. The van der Waals surface area contributed by atoms with Crippen molar-refractivity contribution in [1.82, 2.24) is 0 Å². The zero-order chi connectivity index (χ0) is 17.3. The van der Waals surface area contributed by atoms with Crippen molar-refractivity contribution in [2.75, 3.05) is 5.32 Å². The van der Waals surface area contributed by atoms with Crippen LogP contribution in [0.15, 0.2) is 52.9 Å². The first-order valence-electron chi connectivity index (χ1n) is 7.13. The van der Waals surface area contributed by atoms with Crippen LogP contribution in [0.5, 0.6) is 0 Å². The first-order valence-corrected chi connectivity index (χ1v) is 7.13. The molecule has 8 heteroatoms. The SMILES string of the molecule is C[C@H](Nc1ccc([N+](=O)[O-])cc1[N+](=O)[O-])c1cc2ccccc2o1. The molecule has 2 aromatic carbocycles. The number of benzene rings is 2. The minimum absolute atomic E-state index is 0.193. The normalized spacial score (nSPS) is 12.0.